The fourth-order valence-electron chi connectivity index (χ4n) is 4.08. The van der Waals surface area contributed by atoms with Crippen molar-refractivity contribution in [1.82, 2.24) is 4.72 Å². The molecular weight excluding hydrogens is 336 g/mol. The predicted octanol–water partition coefficient (Wildman–Crippen LogP) is 2.84. The van der Waals surface area contributed by atoms with E-state index in [1.54, 1.807) is 12.1 Å². The average molecular weight is 362 g/mol. The highest BCUT2D eigenvalue weighted by Crippen LogP contribution is 2.37. The van der Waals surface area contributed by atoms with E-state index in [1.807, 2.05) is 11.0 Å². The minimum Gasteiger partial charge on any atom is -0.312 e. The number of anilines is 1. The summed E-state index contributed by atoms with van der Waals surface area (Å²) >= 11 is 0. The van der Waals surface area contributed by atoms with Crippen molar-refractivity contribution in [3.63, 3.8) is 0 Å². The zero-order valence-corrected chi connectivity index (χ0v) is 15.5. The third kappa shape index (κ3) is 3.34. The second-order valence-electron chi connectivity index (χ2n) is 7.79. The minimum atomic E-state index is -3.51. The molecule has 4 rings (SSSR count). The van der Waals surface area contributed by atoms with E-state index >= 15 is 0 Å². The molecule has 0 radical (unpaired) electrons. The van der Waals surface area contributed by atoms with Gasteiger partial charge in [0.15, 0.2) is 0 Å². The summed E-state index contributed by atoms with van der Waals surface area (Å²) in [5, 5.41) is 0. The van der Waals surface area contributed by atoms with Crippen molar-refractivity contribution in [2.75, 3.05) is 11.4 Å². The number of hydrogen-bond donors (Lipinski definition) is 1. The van der Waals surface area contributed by atoms with Crippen LogP contribution in [0.5, 0.6) is 0 Å². The van der Waals surface area contributed by atoms with Gasteiger partial charge < -0.3 is 4.90 Å². The molecule has 2 aliphatic carbocycles. The van der Waals surface area contributed by atoms with Crippen LogP contribution in [-0.2, 0) is 21.2 Å². The fourth-order valence-corrected chi connectivity index (χ4v) is 5.51. The monoisotopic (exact) mass is 362 g/mol. The molecule has 5 nitrogen and oxygen atoms in total. The van der Waals surface area contributed by atoms with Gasteiger partial charge in [0.25, 0.3) is 0 Å². The average Bonchev–Trinajstić information content (AvgIpc) is 3.35. The summed E-state index contributed by atoms with van der Waals surface area (Å²) in [7, 11) is -3.51. The summed E-state index contributed by atoms with van der Waals surface area (Å²) < 4.78 is 28.5. The Labute approximate surface area is 149 Å². The number of rotatable bonds is 4. The maximum Gasteiger partial charge on any atom is 0.240 e. The van der Waals surface area contributed by atoms with Crippen LogP contribution in [0.1, 0.15) is 51.0 Å². The lowest BCUT2D eigenvalue weighted by Crippen LogP contribution is -2.41. The highest BCUT2D eigenvalue weighted by molar-refractivity contribution is 7.89. The molecule has 2 atom stereocenters. The Morgan fingerprint density at radius 1 is 1.16 bits per heavy atom. The molecule has 1 N–H and O–H groups in total. The number of fused-ring (bicyclic) bond motifs is 1. The van der Waals surface area contributed by atoms with Crippen molar-refractivity contribution in [3.8, 4) is 0 Å². The van der Waals surface area contributed by atoms with E-state index in [0.717, 1.165) is 49.8 Å². The van der Waals surface area contributed by atoms with Crippen LogP contribution in [0.3, 0.4) is 0 Å². The number of amides is 1. The topological polar surface area (TPSA) is 66.5 Å². The molecular formula is C19H26N2O3S. The molecule has 2 saturated carbocycles. The van der Waals surface area contributed by atoms with E-state index in [-0.39, 0.29) is 17.9 Å². The SMILES string of the molecule is C[C@H]1CCCC[C@H]1NS(=O)(=O)c1ccc2c(c1)CCN2C(=O)C1CC1. The van der Waals surface area contributed by atoms with Crippen LogP contribution in [0, 0.1) is 11.8 Å². The Hall–Kier alpha value is -1.40. The van der Waals surface area contributed by atoms with Gasteiger partial charge in [-0.15, -0.1) is 0 Å². The van der Waals surface area contributed by atoms with Crippen LogP contribution >= 0.6 is 0 Å². The summed E-state index contributed by atoms with van der Waals surface area (Å²) in [6.45, 7) is 2.79. The van der Waals surface area contributed by atoms with Crippen LogP contribution in [0.2, 0.25) is 0 Å². The first kappa shape index (κ1) is 17.0. The van der Waals surface area contributed by atoms with Crippen molar-refractivity contribution in [2.24, 2.45) is 11.8 Å². The standard InChI is InChI=1S/C19H26N2O3S/c1-13-4-2-3-5-17(13)20-25(23,24)16-8-9-18-15(12-16)10-11-21(18)19(22)14-6-7-14/h8-9,12-14,17,20H,2-7,10-11H2,1H3/t13-,17+/m0/s1. The number of nitrogens with one attached hydrogen (secondary N) is 1. The van der Waals surface area contributed by atoms with Gasteiger partial charge in [0.2, 0.25) is 15.9 Å². The van der Waals surface area contributed by atoms with Gasteiger partial charge >= 0.3 is 0 Å². The largest absolute Gasteiger partial charge is 0.312 e. The van der Waals surface area contributed by atoms with E-state index in [9.17, 15) is 13.2 Å². The van der Waals surface area contributed by atoms with E-state index in [2.05, 4.69) is 11.6 Å². The summed E-state index contributed by atoms with van der Waals surface area (Å²) in [5.74, 6) is 0.761. The van der Waals surface area contributed by atoms with Crippen LogP contribution in [0.25, 0.3) is 0 Å². The zero-order valence-electron chi connectivity index (χ0n) is 14.7. The van der Waals surface area contributed by atoms with Gasteiger partial charge in [-0.2, -0.15) is 0 Å². The molecule has 1 aromatic carbocycles. The van der Waals surface area contributed by atoms with Crippen molar-refractivity contribution in [2.45, 2.75) is 62.8 Å². The van der Waals surface area contributed by atoms with Gasteiger partial charge in [0.05, 0.1) is 4.90 Å². The number of carbonyl (C=O) groups is 1. The Morgan fingerprint density at radius 3 is 2.64 bits per heavy atom. The van der Waals surface area contributed by atoms with Gasteiger partial charge in [-0.05, 0) is 61.8 Å². The number of sulfonamides is 1. The molecule has 1 aromatic rings. The van der Waals surface area contributed by atoms with E-state index in [1.165, 1.54) is 6.42 Å². The molecule has 0 bridgehead atoms. The first-order valence-electron chi connectivity index (χ1n) is 9.42. The molecule has 25 heavy (non-hydrogen) atoms. The van der Waals surface area contributed by atoms with E-state index in [4.69, 9.17) is 0 Å². The van der Waals surface area contributed by atoms with Crippen LogP contribution < -0.4 is 9.62 Å². The number of carbonyl (C=O) groups excluding carboxylic acids is 1. The molecule has 1 heterocycles. The van der Waals surface area contributed by atoms with Crippen molar-refractivity contribution in [3.05, 3.63) is 23.8 Å². The normalized spacial score (nSPS) is 26.5. The lowest BCUT2D eigenvalue weighted by Gasteiger charge is -2.29. The molecule has 136 valence electrons. The van der Waals surface area contributed by atoms with Crippen LogP contribution in [0.15, 0.2) is 23.1 Å². The first-order valence-corrected chi connectivity index (χ1v) is 10.9. The second kappa shape index (κ2) is 6.40. The molecule has 0 unspecified atom stereocenters. The van der Waals surface area contributed by atoms with Gasteiger partial charge in [-0.3, -0.25) is 4.79 Å². The van der Waals surface area contributed by atoms with Crippen LogP contribution in [0.4, 0.5) is 5.69 Å². The van der Waals surface area contributed by atoms with Gasteiger partial charge in [0, 0.05) is 24.2 Å². The molecule has 0 spiro atoms. The van der Waals surface area contributed by atoms with Gasteiger partial charge in [-0.1, -0.05) is 19.8 Å². The molecule has 1 amide bonds. The Bertz CT molecular complexity index is 786. The number of hydrogen-bond acceptors (Lipinski definition) is 3. The number of benzene rings is 1. The maximum absolute atomic E-state index is 12.8. The summed E-state index contributed by atoms with van der Waals surface area (Å²) in [5.41, 5.74) is 1.86. The number of nitrogens with zero attached hydrogens (tertiary/aromatic N) is 1. The molecule has 2 fully saturated rings. The van der Waals surface area contributed by atoms with Crippen molar-refractivity contribution < 1.29 is 13.2 Å². The van der Waals surface area contributed by atoms with Crippen LogP contribution in [-0.4, -0.2) is 26.9 Å². The lowest BCUT2D eigenvalue weighted by atomic mass is 9.87. The molecule has 6 heteroatoms. The summed E-state index contributed by atoms with van der Waals surface area (Å²) in [4.78, 5) is 14.5. The predicted molar refractivity (Wildman–Crippen MR) is 97.0 cm³/mol. The summed E-state index contributed by atoms with van der Waals surface area (Å²) in [6, 6.07) is 5.24. The quantitative estimate of drug-likeness (QED) is 0.896. The lowest BCUT2D eigenvalue weighted by molar-refractivity contribution is -0.119. The molecule has 1 aliphatic heterocycles. The Morgan fingerprint density at radius 2 is 1.92 bits per heavy atom. The Kier molecular flexibility index (Phi) is 4.36. The smallest absolute Gasteiger partial charge is 0.240 e. The first-order chi connectivity index (χ1) is 12.0. The van der Waals surface area contributed by atoms with Gasteiger partial charge in [0.1, 0.15) is 0 Å². The summed E-state index contributed by atoms with van der Waals surface area (Å²) in [6.07, 6.45) is 6.96. The maximum atomic E-state index is 12.8. The van der Waals surface area contributed by atoms with E-state index in [0.29, 0.717) is 17.4 Å². The highest BCUT2D eigenvalue weighted by atomic mass is 32.2. The zero-order chi connectivity index (χ0) is 17.6. The molecule has 3 aliphatic rings. The van der Waals surface area contributed by atoms with E-state index < -0.39 is 10.0 Å². The van der Waals surface area contributed by atoms with Crippen molar-refractivity contribution in [1.29, 1.82) is 0 Å². The second-order valence-corrected chi connectivity index (χ2v) is 9.51. The third-order valence-electron chi connectivity index (χ3n) is 5.87. The minimum absolute atomic E-state index is 0.0277. The molecule has 0 aromatic heterocycles. The Balaban J connectivity index is 1.54. The third-order valence-corrected chi connectivity index (χ3v) is 7.36. The van der Waals surface area contributed by atoms with Crippen molar-refractivity contribution >= 4 is 21.6 Å². The van der Waals surface area contributed by atoms with Gasteiger partial charge in [-0.25, -0.2) is 13.1 Å². The fraction of sp³-hybridized carbons (Fsp3) is 0.632. The highest BCUT2D eigenvalue weighted by Gasteiger charge is 2.37. The molecule has 0 saturated heterocycles.